The second kappa shape index (κ2) is 3.81. The fraction of sp³-hybridized carbons (Fsp3) is 0. The summed E-state index contributed by atoms with van der Waals surface area (Å²) >= 11 is 4.46. The Kier molecular flexibility index (Phi) is 2.76. The number of thiocarbonyl (C=S) groups is 1. The molecule has 1 aromatic rings. The Balaban J connectivity index is 3.04. The highest BCUT2D eigenvalue weighted by Gasteiger charge is 2.13. The first-order chi connectivity index (χ1) is 6.11. The highest BCUT2D eigenvalue weighted by Crippen LogP contribution is 2.25. The van der Waals surface area contributed by atoms with Crippen LogP contribution in [0.2, 0.25) is 0 Å². The molecule has 0 fully saturated rings. The summed E-state index contributed by atoms with van der Waals surface area (Å²) in [5, 5.41) is 10.2. The molecule has 0 saturated heterocycles. The first-order valence-electron chi connectivity index (χ1n) is 3.32. The zero-order chi connectivity index (χ0) is 9.84. The van der Waals surface area contributed by atoms with Crippen LogP contribution in [0.4, 0.5) is 5.69 Å². The van der Waals surface area contributed by atoms with Crippen LogP contribution in [0.15, 0.2) is 24.3 Å². The number of rotatable bonds is 2. The van der Waals surface area contributed by atoms with Crippen LogP contribution in [0.3, 0.4) is 0 Å². The Morgan fingerprint density at radius 2 is 2.15 bits per heavy atom. The van der Waals surface area contributed by atoms with Gasteiger partial charge in [0.2, 0.25) is 5.75 Å². The van der Waals surface area contributed by atoms with Crippen LogP contribution >= 0.6 is 12.2 Å². The van der Waals surface area contributed by atoms with E-state index in [4.69, 9.17) is 10.5 Å². The lowest BCUT2D eigenvalue weighted by molar-refractivity contribution is -0.385. The summed E-state index contributed by atoms with van der Waals surface area (Å²) < 4.78 is 4.77. The first kappa shape index (κ1) is 9.40. The van der Waals surface area contributed by atoms with Gasteiger partial charge in [-0.1, -0.05) is 12.1 Å². The number of benzene rings is 1. The summed E-state index contributed by atoms with van der Waals surface area (Å²) in [5.41, 5.74) is 4.92. The molecule has 0 unspecified atom stereocenters. The standard InChI is InChI=1S/C7H6N2O3S/c8-7(13)12-6-4-2-1-3-5(6)9(10)11/h1-4H,(H2,8,13). The Morgan fingerprint density at radius 1 is 1.54 bits per heavy atom. The molecule has 68 valence electrons. The fourth-order valence-electron chi connectivity index (χ4n) is 0.803. The number of ether oxygens (including phenoxy) is 1. The molecule has 0 bridgehead atoms. The van der Waals surface area contributed by atoms with E-state index in [1.54, 1.807) is 6.07 Å². The molecule has 1 aromatic carbocycles. The Morgan fingerprint density at radius 3 is 2.69 bits per heavy atom. The predicted molar refractivity (Wildman–Crippen MR) is 50.5 cm³/mol. The Bertz CT molecular complexity index is 353. The highest BCUT2D eigenvalue weighted by molar-refractivity contribution is 7.80. The van der Waals surface area contributed by atoms with Crippen molar-refractivity contribution in [3.05, 3.63) is 34.4 Å². The van der Waals surface area contributed by atoms with Gasteiger partial charge < -0.3 is 10.5 Å². The van der Waals surface area contributed by atoms with E-state index < -0.39 is 4.92 Å². The molecule has 0 aliphatic carbocycles. The third-order valence-corrected chi connectivity index (χ3v) is 1.36. The lowest BCUT2D eigenvalue weighted by Crippen LogP contribution is -2.16. The summed E-state index contributed by atoms with van der Waals surface area (Å²) in [7, 11) is 0. The summed E-state index contributed by atoms with van der Waals surface area (Å²) in [6.07, 6.45) is 0. The van der Waals surface area contributed by atoms with Gasteiger partial charge >= 0.3 is 5.69 Å². The molecule has 0 aliphatic heterocycles. The van der Waals surface area contributed by atoms with E-state index in [9.17, 15) is 10.1 Å². The van der Waals surface area contributed by atoms with Gasteiger partial charge in [0.15, 0.2) is 0 Å². The first-order valence-corrected chi connectivity index (χ1v) is 3.73. The van der Waals surface area contributed by atoms with Crippen LogP contribution < -0.4 is 10.5 Å². The number of para-hydroxylation sites is 2. The zero-order valence-electron chi connectivity index (χ0n) is 6.47. The van der Waals surface area contributed by atoms with Gasteiger partial charge in [-0.2, -0.15) is 0 Å². The lowest BCUT2D eigenvalue weighted by atomic mass is 10.3. The predicted octanol–water partition coefficient (Wildman–Crippen LogP) is 1.22. The van der Waals surface area contributed by atoms with Crippen molar-refractivity contribution >= 4 is 23.1 Å². The molecule has 0 aromatic heterocycles. The average Bonchev–Trinajstić information content (AvgIpc) is 2.03. The Hall–Kier alpha value is -1.69. The molecule has 13 heavy (non-hydrogen) atoms. The molecule has 0 saturated carbocycles. The maximum Gasteiger partial charge on any atom is 0.311 e. The monoisotopic (exact) mass is 198 g/mol. The molecule has 5 nitrogen and oxygen atoms in total. The van der Waals surface area contributed by atoms with E-state index in [0.29, 0.717) is 0 Å². The van der Waals surface area contributed by atoms with Gasteiger partial charge in [-0.3, -0.25) is 10.1 Å². The molecule has 0 spiro atoms. The average molecular weight is 198 g/mol. The maximum absolute atomic E-state index is 10.4. The highest BCUT2D eigenvalue weighted by atomic mass is 32.1. The topological polar surface area (TPSA) is 78.4 Å². The third-order valence-electron chi connectivity index (χ3n) is 1.27. The van der Waals surface area contributed by atoms with Gasteiger partial charge in [0.25, 0.3) is 5.17 Å². The summed E-state index contributed by atoms with van der Waals surface area (Å²) in [5.74, 6) is 0.0556. The summed E-state index contributed by atoms with van der Waals surface area (Å²) in [6.45, 7) is 0. The lowest BCUT2D eigenvalue weighted by Gasteiger charge is -2.02. The molecular formula is C7H6N2O3S. The van der Waals surface area contributed by atoms with Crippen molar-refractivity contribution in [1.29, 1.82) is 0 Å². The van der Waals surface area contributed by atoms with E-state index in [2.05, 4.69) is 12.2 Å². The fourth-order valence-corrected chi connectivity index (χ4v) is 0.892. The minimum atomic E-state index is -0.562. The van der Waals surface area contributed by atoms with E-state index >= 15 is 0 Å². The molecule has 1 rings (SSSR count). The maximum atomic E-state index is 10.4. The number of hydrogen-bond donors (Lipinski definition) is 1. The summed E-state index contributed by atoms with van der Waals surface area (Å²) in [4.78, 5) is 9.88. The van der Waals surface area contributed by atoms with Gasteiger partial charge in [0.1, 0.15) is 0 Å². The number of nitro benzene ring substituents is 1. The molecule has 0 amide bonds. The van der Waals surface area contributed by atoms with E-state index in [0.717, 1.165) is 0 Å². The van der Waals surface area contributed by atoms with Gasteiger partial charge in [-0.05, 0) is 18.3 Å². The van der Waals surface area contributed by atoms with E-state index in [1.807, 2.05) is 0 Å². The van der Waals surface area contributed by atoms with Crippen molar-refractivity contribution in [3.8, 4) is 5.75 Å². The van der Waals surface area contributed by atoms with Crippen LogP contribution in [0.5, 0.6) is 5.75 Å². The summed E-state index contributed by atoms with van der Waals surface area (Å²) in [6, 6.07) is 5.87. The van der Waals surface area contributed by atoms with Gasteiger partial charge in [-0.25, -0.2) is 0 Å². The van der Waals surface area contributed by atoms with Crippen molar-refractivity contribution in [2.45, 2.75) is 0 Å². The zero-order valence-corrected chi connectivity index (χ0v) is 7.28. The van der Waals surface area contributed by atoms with Crippen molar-refractivity contribution in [1.82, 2.24) is 0 Å². The SMILES string of the molecule is NC(=S)Oc1ccccc1[N+](=O)[O-]. The third kappa shape index (κ3) is 2.38. The van der Waals surface area contributed by atoms with E-state index in [1.165, 1.54) is 18.2 Å². The van der Waals surface area contributed by atoms with Crippen molar-refractivity contribution in [2.24, 2.45) is 5.73 Å². The van der Waals surface area contributed by atoms with Crippen LogP contribution in [-0.4, -0.2) is 10.1 Å². The second-order valence-corrected chi connectivity index (χ2v) is 2.55. The molecule has 6 heteroatoms. The second-order valence-electron chi connectivity index (χ2n) is 2.15. The minimum absolute atomic E-state index is 0.0556. The largest absolute Gasteiger partial charge is 0.425 e. The normalized spacial score (nSPS) is 9.23. The number of nitrogens with zero attached hydrogens (tertiary/aromatic N) is 1. The molecule has 2 N–H and O–H groups in total. The number of nitrogens with two attached hydrogens (primary N) is 1. The van der Waals surface area contributed by atoms with Crippen LogP contribution in [0.1, 0.15) is 0 Å². The van der Waals surface area contributed by atoms with Crippen LogP contribution in [0.25, 0.3) is 0 Å². The molecule has 0 heterocycles. The molecule has 0 radical (unpaired) electrons. The number of nitro groups is 1. The van der Waals surface area contributed by atoms with Gasteiger partial charge in [0, 0.05) is 6.07 Å². The number of hydrogen-bond acceptors (Lipinski definition) is 4. The Labute approximate surface area is 79.3 Å². The van der Waals surface area contributed by atoms with Crippen LogP contribution in [0, 0.1) is 10.1 Å². The molecular weight excluding hydrogens is 192 g/mol. The van der Waals surface area contributed by atoms with E-state index in [-0.39, 0.29) is 16.6 Å². The quantitative estimate of drug-likeness (QED) is 0.439. The molecule has 0 aliphatic rings. The minimum Gasteiger partial charge on any atom is -0.425 e. The van der Waals surface area contributed by atoms with Crippen molar-refractivity contribution < 1.29 is 9.66 Å². The van der Waals surface area contributed by atoms with Crippen molar-refractivity contribution in [3.63, 3.8) is 0 Å². The van der Waals surface area contributed by atoms with Gasteiger partial charge in [0.05, 0.1) is 4.92 Å². The smallest absolute Gasteiger partial charge is 0.311 e. The molecule has 0 atom stereocenters. The van der Waals surface area contributed by atoms with Crippen LogP contribution in [-0.2, 0) is 0 Å². The van der Waals surface area contributed by atoms with Gasteiger partial charge in [-0.15, -0.1) is 0 Å². The van der Waals surface area contributed by atoms with Crippen molar-refractivity contribution in [2.75, 3.05) is 0 Å².